The smallest absolute Gasteiger partial charge is 0.118 e. The van der Waals surface area contributed by atoms with Gasteiger partial charge in [-0.25, -0.2) is 0 Å². The zero-order valence-corrected chi connectivity index (χ0v) is 9.62. The molecule has 1 rings (SSSR count). The largest absolute Gasteiger partial charge is 0.497 e. The maximum atomic E-state index is 5.64. The van der Waals surface area contributed by atoms with Crippen LogP contribution in [0.25, 0.3) is 0 Å². The van der Waals surface area contributed by atoms with E-state index in [1.807, 2.05) is 38.2 Å². The van der Waals surface area contributed by atoms with Crippen LogP contribution in [0.2, 0.25) is 0 Å². The summed E-state index contributed by atoms with van der Waals surface area (Å²) in [7, 11) is 3.60. The van der Waals surface area contributed by atoms with Crippen molar-refractivity contribution in [3.05, 3.63) is 29.8 Å². The van der Waals surface area contributed by atoms with Crippen molar-refractivity contribution in [2.45, 2.75) is 13.0 Å². The molecular weight excluding hydrogens is 190 g/mol. The lowest BCUT2D eigenvalue weighted by Gasteiger charge is -2.17. The highest BCUT2D eigenvalue weighted by molar-refractivity contribution is 5.28. The molecule has 0 saturated heterocycles. The molecule has 0 spiro atoms. The number of benzene rings is 1. The van der Waals surface area contributed by atoms with Crippen molar-refractivity contribution in [1.82, 2.24) is 5.32 Å². The Morgan fingerprint density at radius 2 is 1.93 bits per heavy atom. The Bertz CT molecular complexity index is 265. The van der Waals surface area contributed by atoms with E-state index in [0.717, 1.165) is 18.9 Å². The third-order valence-corrected chi connectivity index (χ3v) is 2.24. The third-order valence-electron chi connectivity index (χ3n) is 2.24. The van der Waals surface area contributed by atoms with Crippen molar-refractivity contribution in [3.8, 4) is 5.75 Å². The average Bonchev–Trinajstić information content (AvgIpc) is 2.29. The first-order valence-electron chi connectivity index (χ1n) is 5.22. The fraction of sp³-hybridized carbons (Fsp3) is 0.500. The number of rotatable bonds is 6. The molecule has 1 N–H and O–H groups in total. The molecule has 0 heterocycles. The molecule has 0 aliphatic rings. The van der Waals surface area contributed by atoms with Gasteiger partial charge < -0.3 is 14.8 Å². The van der Waals surface area contributed by atoms with Crippen LogP contribution < -0.4 is 10.1 Å². The van der Waals surface area contributed by atoms with E-state index in [4.69, 9.17) is 9.47 Å². The highest BCUT2D eigenvalue weighted by atomic mass is 16.5. The van der Waals surface area contributed by atoms with Crippen LogP contribution in [-0.2, 0) is 4.74 Å². The van der Waals surface area contributed by atoms with Crippen LogP contribution in [0.5, 0.6) is 5.75 Å². The molecular formula is C12H19NO2. The predicted octanol–water partition coefficient (Wildman–Crippen LogP) is 1.99. The molecule has 1 aromatic carbocycles. The van der Waals surface area contributed by atoms with Gasteiger partial charge in [0.05, 0.1) is 13.2 Å². The minimum absolute atomic E-state index is 0.117. The SMILES string of the molecule is CCO[C@@H](CNC)c1ccc(OC)cc1. The van der Waals surface area contributed by atoms with Crippen LogP contribution >= 0.6 is 0 Å². The lowest BCUT2D eigenvalue weighted by atomic mass is 10.1. The maximum absolute atomic E-state index is 5.64. The molecule has 0 aliphatic carbocycles. The van der Waals surface area contributed by atoms with E-state index in [1.54, 1.807) is 7.11 Å². The van der Waals surface area contributed by atoms with Gasteiger partial charge in [0.2, 0.25) is 0 Å². The molecule has 3 nitrogen and oxygen atoms in total. The molecule has 0 bridgehead atoms. The van der Waals surface area contributed by atoms with Crippen molar-refractivity contribution in [2.24, 2.45) is 0 Å². The van der Waals surface area contributed by atoms with Gasteiger partial charge in [0.25, 0.3) is 0 Å². The Kier molecular flexibility index (Phi) is 5.15. The predicted molar refractivity (Wildman–Crippen MR) is 61.3 cm³/mol. The fourth-order valence-corrected chi connectivity index (χ4v) is 1.48. The van der Waals surface area contributed by atoms with Crippen LogP contribution in [0.1, 0.15) is 18.6 Å². The number of nitrogens with one attached hydrogen (secondary N) is 1. The second-order valence-electron chi connectivity index (χ2n) is 3.27. The summed E-state index contributed by atoms with van der Waals surface area (Å²) in [6.07, 6.45) is 0.117. The normalized spacial score (nSPS) is 12.5. The first-order chi connectivity index (χ1) is 7.31. The van der Waals surface area contributed by atoms with Crippen LogP contribution in [0, 0.1) is 0 Å². The van der Waals surface area contributed by atoms with Gasteiger partial charge in [-0.2, -0.15) is 0 Å². The van der Waals surface area contributed by atoms with Crippen LogP contribution in [0.15, 0.2) is 24.3 Å². The van der Waals surface area contributed by atoms with E-state index in [9.17, 15) is 0 Å². The minimum atomic E-state index is 0.117. The average molecular weight is 209 g/mol. The summed E-state index contributed by atoms with van der Waals surface area (Å²) in [5.74, 6) is 0.874. The number of ether oxygens (including phenoxy) is 2. The first-order valence-corrected chi connectivity index (χ1v) is 5.22. The molecule has 0 unspecified atom stereocenters. The molecule has 0 aliphatic heterocycles. The Labute approximate surface area is 91.4 Å². The second-order valence-corrected chi connectivity index (χ2v) is 3.27. The summed E-state index contributed by atoms with van der Waals surface area (Å²) in [6, 6.07) is 7.99. The molecule has 15 heavy (non-hydrogen) atoms. The van der Waals surface area contributed by atoms with Gasteiger partial charge in [-0.15, -0.1) is 0 Å². The highest BCUT2D eigenvalue weighted by Gasteiger charge is 2.09. The van der Waals surface area contributed by atoms with Gasteiger partial charge in [-0.1, -0.05) is 12.1 Å². The number of methoxy groups -OCH3 is 1. The second kappa shape index (κ2) is 6.43. The molecule has 0 saturated carbocycles. The van der Waals surface area contributed by atoms with Crippen LogP contribution in [-0.4, -0.2) is 27.3 Å². The zero-order chi connectivity index (χ0) is 11.1. The molecule has 0 amide bonds. The summed E-state index contributed by atoms with van der Waals surface area (Å²) in [5.41, 5.74) is 1.17. The maximum Gasteiger partial charge on any atom is 0.118 e. The van der Waals surface area contributed by atoms with Crippen molar-refractivity contribution < 1.29 is 9.47 Å². The Hall–Kier alpha value is -1.06. The molecule has 0 aromatic heterocycles. The summed E-state index contributed by atoms with van der Waals surface area (Å²) < 4.78 is 10.8. The van der Waals surface area contributed by atoms with E-state index in [1.165, 1.54) is 5.56 Å². The van der Waals surface area contributed by atoms with Gasteiger partial charge >= 0.3 is 0 Å². The van der Waals surface area contributed by atoms with Gasteiger partial charge in [-0.05, 0) is 31.7 Å². The molecule has 0 fully saturated rings. The number of hydrogen-bond acceptors (Lipinski definition) is 3. The van der Waals surface area contributed by atoms with Crippen LogP contribution in [0.4, 0.5) is 0 Å². The summed E-state index contributed by atoms with van der Waals surface area (Å²) >= 11 is 0. The lowest BCUT2D eigenvalue weighted by molar-refractivity contribution is 0.0637. The quantitative estimate of drug-likeness (QED) is 0.777. The van der Waals surface area contributed by atoms with E-state index in [-0.39, 0.29) is 6.10 Å². The van der Waals surface area contributed by atoms with E-state index < -0.39 is 0 Å². The Morgan fingerprint density at radius 3 is 2.40 bits per heavy atom. The Balaban J connectivity index is 2.72. The minimum Gasteiger partial charge on any atom is -0.497 e. The molecule has 84 valence electrons. The molecule has 0 radical (unpaired) electrons. The van der Waals surface area contributed by atoms with Crippen molar-refractivity contribution in [1.29, 1.82) is 0 Å². The zero-order valence-electron chi connectivity index (χ0n) is 9.62. The first kappa shape index (κ1) is 12.0. The van der Waals surface area contributed by atoms with E-state index in [0.29, 0.717) is 0 Å². The highest BCUT2D eigenvalue weighted by Crippen LogP contribution is 2.19. The molecule has 1 aromatic rings. The lowest BCUT2D eigenvalue weighted by Crippen LogP contribution is -2.19. The topological polar surface area (TPSA) is 30.5 Å². The van der Waals surface area contributed by atoms with Crippen molar-refractivity contribution >= 4 is 0 Å². The van der Waals surface area contributed by atoms with Crippen molar-refractivity contribution in [3.63, 3.8) is 0 Å². The van der Waals surface area contributed by atoms with E-state index >= 15 is 0 Å². The Morgan fingerprint density at radius 1 is 1.27 bits per heavy atom. The third kappa shape index (κ3) is 3.53. The monoisotopic (exact) mass is 209 g/mol. The van der Waals surface area contributed by atoms with Gasteiger partial charge in [0.15, 0.2) is 0 Å². The summed E-state index contributed by atoms with van der Waals surface area (Å²) in [6.45, 7) is 3.55. The number of hydrogen-bond donors (Lipinski definition) is 1. The fourth-order valence-electron chi connectivity index (χ4n) is 1.48. The summed E-state index contributed by atoms with van der Waals surface area (Å²) in [5, 5.41) is 3.12. The number of likely N-dealkylation sites (N-methyl/N-ethyl adjacent to an activating group) is 1. The van der Waals surface area contributed by atoms with Crippen molar-refractivity contribution in [2.75, 3.05) is 27.3 Å². The van der Waals surface area contributed by atoms with Gasteiger partial charge in [0, 0.05) is 13.2 Å². The molecule has 3 heteroatoms. The van der Waals surface area contributed by atoms with Gasteiger partial charge in [0.1, 0.15) is 5.75 Å². The van der Waals surface area contributed by atoms with Gasteiger partial charge in [-0.3, -0.25) is 0 Å². The van der Waals surface area contributed by atoms with E-state index in [2.05, 4.69) is 5.32 Å². The standard InChI is InChI=1S/C12H19NO2/c1-4-15-12(9-13-2)10-5-7-11(14-3)8-6-10/h5-8,12-13H,4,9H2,1-3H3/t12-/m0/s1. The molecule has 1 atom stereocenters. The summed E-state index contributed by atoms with van der Waals surface area (Å²) in [4.78, 5) is 0. The van der Waals surface area contributed by atoms with Crippen LogP contribution in [0.3, 0.4) is 0 Å².